The third-order valence-corrected chi connectivity index (χ3v) is 2.46. The van der Waals surface area contributed by atoms with Crippen LogP contribution in [0.4, 0.5) is 5.69 Å². The highest BCUT2D eigenvalue weighted by molar-refractivity contribution is 6.29. The smallest absolute Gasteiger partial charge is 0.131 e. The molecule has 0 bridgehead atoms. The highest BCUT2D eigenvalue weighted by atomic mass is 35.5. The van der Waals surface area contributed by atoms with Gasteiger partial charge < -0.3 is 5.32 Å². The van der Waals surface area contributed by atoms with E-state index in [4.69, 9.17) is 11.6 Å². The van der Waals surface area contributed by atoms with Crippen molar-refractivity contribution in [1.82, 2.24) is 14.8 Å². The summed E-state index contributed by atoms with van der Waals surface area (Å²) in [6.07, 6.45) is 5.52. The average Bonchev–Trinajstić information content (AvgIpc) is 2.65. The molecular formula is C11H13ClN4. The average molecular weight is 237 g/mol. The van der Waals surface area contributed by atoms with E-state index in [9.17, 15) is 0 Å². The first kappa shape index (κ1) is 11.0. The molecule has 1 N–H and O–H groups in total. The number of anilines is 1. The third kappa shape index (κ3) is 2.17. The second-order valence-electron chi connectivity index (χ2n) is 3.49. The fourth-order valence-corrected chi connectivity index (χ4v) is 1.71. The molecule has 0 saturated heterocycles. The monoisotopic (exact) mass is 236 g/mol. The third-order valence-electron chi connectivity index (χ3n) is 2.25. The zero-order valence-corrected chi connectivity index (χ0v) is 9.99. The van der Waals surface area contributed by atoms with Crippen LogP contribution in [0.25, 0.3) is 11.1 Å². The molecule has 0 atom stereocenters. The normalized spacial score (nSPS) is 10.4. The molecule has 0 aliphatic heterocycles. The Morgan fingerprint density at radius 2 is 2.25 bits per heavy atom. The molecule has 0 fully saturated rings. The van der Waals surface area contributed by atoms with Gasteiger partial charge in [0.1, 0.15) is 5.15 Å². The summed E-state index contributed by atoms with van der Waals surface area (Å²) in [4.78, 5) is 4.10. The SMILES string of the molecule is CCNc1cc(Cl)ncc1-c1cnn(C)c1. The summed E-state index contributed by atoms with van der Waals surface area (Å²) in [6, 6.07) is 1.83. The van der Waals surface area contributed by atoms with Crippen molar-refractivity contribution in [3.05, 3.63) is 29.8 Å². The molecule has 0 saturated carbocycles. The maximum absolute atomic E-state index is 5.87. The van der Waals surface area contributed by atoms with E-state index in [-0.39, 0.29) is 0 Å². The van der Waals surface area contributed by atoms with Gasteiger partial charge in [-0.25, -0.2) is 4.98 Å². The molecule has 5 heteroatoms. The Morgan fingerprint density at radius 3 is 2.88 bits per heavy atom. The Balaban J connectivity index is 2.47. The molecule has 16 heavy (non-hydrogen) atoms. The molecule has 0 radical (unpaired) electrons. The van der Waals surface area contributed by atoms with Gasteiger partial charge in [0.25, 0.3) is 0 Å². The van der Waals surface area contributed by atoms with Crippen LogP contribution in [0, 0.1) is 0 Å². The van der Waals surface area contributed by atoms with Crippen molar-refractivity contribution in [3.8, 4) is 11.1 Å². The van der Waals surface area contributed by atoms with Gasteiger partial charge in [0.05, 0.1) is 6.20 Å². The number of hydrogen-bond acceptors (Lipinski definition) is 3. The Bertz CT molecular complexity index is 492. The predicted octanol–water partition coefficient (Wildman–Crippen LogP) is 2.57. The van der Waals surface area contributed by atoms with Crippen LogP contribution in [0.15, 0.2) is 24.7 Å². The number of hydrogen-bond donors (Lipinski definition) is 1. The molecule has 2 aromatic rings. The summed E-state index contributed by atoms with van der Waals surface area (Å²) in [7, 11) is 1.89. The fourth-order valence-electron chi connectivity index (χ4n) is 1.56. The predicted molar refractivity (Wildman–Crippen MR) is 65.6 cm³/mol. The van der Waals surface area contributed by atoms with E-state index in [1.807, 2.05) is 32.4 Å². The van der Waals surface area contributed by atoms with Crippen molar-refractivity contribution < 1.29 is 0 Å². The minimum atomic E-state index is 0.489. The zero-order chi connectivity index (χ0) is 11.5. The van der Waals surface area contributed by atoms with Crippen LogP contribution in [0.5, 0.6) is 0 Å². The lowest BCUT2D eigenvalue weighted by Gasteiger charge is -2.08. The molecular weight excluding hydrogens is 224 g/mol. The Labute approximate surface area is 99.3 Å². The van der Waals surface area contributed by atoms with E-state index in [1.165, 1.54) is 0 Å². The zero-order valence-electron chi connectivity index (χ0n) is 9.24. The van der Waals surface area contributed by atoms with E-state index < -0.39 is 0 Å². The molecule has 2 rings (SSSR count). The number of pyridine rings is 1. The number of rotatable bonds is 3. The first-order valence-corrected chi connectivity index (χ1v) is 5.47. The van der Waals surface area contributed by atoms with Gasteiger partial charge in [0, 0.05) is 42.8 Å². The Kier molecular flexibility index (Phi) is 3.10. The molecule has 0 unspecified atom stereocenters. The lowest BCUT2D eigenvalue weighted by molar-refractivity contribution is 0.768. The number of nitrogens with zero attached hydrogens (tertiary/aromatic N) is 3. The number of nitrogens with one attached hydrogen (secondary N) is 1. The van der Waals surface area contributed by atoms with E-state index >= 15 is 0 Å². The highest BCUT2D eigenvalue weighted by Gasteiger charge is 2.07. The second-order valence-corrected chi connectivity index (χ2v) is 3.87. The molecule has 2 aromatic heterocycles. The van der Waals surface area contributed by atoms with Crippen LogP contribution in [-0.2, 0) is 7.05 Å². The van der Waals surface area contributed by atoms with Crippen molar-refractivity contribution in [2.24, 2.45) is 7.05 Å². The fraction of sp³-hybridized carbons (Fsp3) is 0.273. The molecule has 0 aromatic carbocycles. The first-order chi connectivity index (χ1) is 7.70. The number of aromatic nitrogens is 3. The largest absolute Gasteiger partial charge is 0.385 e. The lowest BCUT2D eigenvalue weighted by Crippen LogP contribution is -1.99. The van der Waals surface area contributed by atoms with Crippen LogP contribution in [0.1, 0.15) is 6.92 Å². The van der Waals surface area contributed by atoms with Crippen molar-refractivity contribution in [2.75, 3.05) is 11.9 Å². The van der Waals surface area contributed by atoms with Crippen molar-refractivity contribution in [3.63, 3.8) is 0 Å². The van der Waals surface area contributed by atoms with E-state index in [2.05, 4.69) is 15.4 Å². The molecule has 0 aliphatic rings. The van der Waals surface area contributed by atoms with Crippen LogP contribution < -0.4 is 5.32 Å². The lowest BCUT2D eigenvalue weighted by atomic mass is 10.1. The summed E-state index contributed by atoms with van der Waals surface area (Å²) in [6.45, 7) is 2.88. The van der Waals surface area contributed by atoms with Gasteiger partial charge in [-0.15, -0.1) is 0 Å². The molecule has 0 spiro atoms. The minimum absolute atomic E-state index is 0.489. The highest BCUT2D eigenvalue weighted by Crippen LogP contribution is 2.28. The van der Waals surface area contributed by atoms with E-state index in [1.54, 1.807) is 10.9 Å². The Morgan fingerprint density at radius 1 is 1.44 bits per heavy atom. The standard InChI is InChI=1S/C11H13ClN4/c1-3-13-10-4-11(12)14-6-9(10)8-5-15-16(2)7-8/h4-7H,3H2,1-2H3,(H,13,14). The first-order valence-electron chi connectivity index (χ1n) is 5.09. The molecule has 2 heterocycles. The molecule has 0 amide bonds. The van der Waals surface area contributed by atoms with Crippen molar-refractivity contribution in [2.45, 2.75) is 6.92 Å². The summed E-state index contributed by atoms with van der Waals surface area (Å²) in [5, 5.41) is 7.90. The van der Waals surface area contributed by atoms with Gasteiger partial charge in [-0.3, -0.25) is 4.68 Å². The van der Waals surface area contributed by atoms with Gasteiger partial charge in [0.2, 0.25) is 0 Å². The topological polar surface area (TPSA) is 42.7 Å². The maximum Gasteiger partial charge on any atom is 0.131 e. The van der Waals surface area contributed by atoms with Crippen LogP contribution in [-0.4, -0.2) is 21.3 Å². The number of aryl methyl sites for hydroxylation is 1. The summed E-state index contributed by atoms with van der Waals surface area (Å²) >= 11 is 5.87. The maximum atomic E-state index is 5.87. The van der Waals surface area contributed by atoms with Crippen molar-refractivity contribution in [1.29, 1.82) is 0 Å². The second kappa shape index (κ2) is 4.53. The van der Waals surface area contributed by atoms with Gasteiger partial charge in [-0.2, -0.15) is 5.10 Å². The van der Waals surface area contributed by atoms with Gasteiger partial charge in [-0.1, -0.05) is 11.6 Å². The van der Waals surface area contributed by atoms with E-state index in [0.29, 0.717) is 5.15 Å². The van der Waals surface area contributed by atoms with Crippen LogP contribution in [0.3, 0.4) is 0 Å². The van der Waals surface area contributed by atoms with Gasteiger partial charge >= 0.3 is 0 Å². The van der Waals surface area contributed by atoms with Gasteiger partial charge in [-0.05, 0) is 13.0 Å². The quantitative estimate of drug-likeness (QED) is 0.833. The van der Waals surface area contributed by atoms with E-state index in [0.717, 1.165) is 23.4 Å². The van der Waals surface area contributed by atoms with Gasteiger partial charge in [0.15, 0.2) is 0 Å². The Hall–Kier alpha value is -1.55. The molecule has 84 valence electrons. The summed E-state index contributed by atoms with van der Waals surface area (Å²) in [5.74, 6) is 0. The molecule has 4 nitrogen and oxygen atoms in total. The minimum Gasteiger partial charge on any atom is -0.385 e. The van der Waals surface area contributed by atoms with Crippen LogP contribution >= 0.6 is 11.6 Å². The van der Waals surface area contributed by atoms with Crippen molar-refractivity contribution >= 4 is 17.3 Å². The van der Waals surface area contributed by atoms with Crippen LogP contribution in [0.2, 0.25) is 5.15 Å². The number of halogens is 1. The summed E-state index contributed by atoms with van der Waals surface area (Å²) < 4.78 is 1.76. The molecule has 0 aliphatic carbocycles. The summed E-state index contributed by atoms with van der Waals surface area (Å²) in [5.41, 5.74) is 3.03.